The summed E-state index contributed by atoms with van der Waals surface area (Å²) >= 11 is 0. The molecule has 1 aromatic rings. The summed E-state index contributed by atoms with van der Waals surface area (Å²) in [7, 11) is 0. The van der Waals surface area contributed by atoms with Crippen molar-refractivity contribution in [3.8, 4) is 0 Å². The van der Waals surface area contributed by atoms with E-state index in [2.05, 4.69) is 13.8 Å². The highest BCUT2D eigenvalue weighted by Gasteiger charge is 2.27. The summed E-state index contributed by atoms with van der Waals surface area (Å²) in [5.74, 6) is 0.379. The van der Waals surface area contributed by atoms with E-state index in [1.54, 1.807) is 6.07 Å². The maximum absolute atomic E-state index is 11.8. The van der Waals surface area contributed by atoms with Gasteiger partial charge < -0.3 is 10.3 Å². The van der Waals surface area contributed by atoms with Crippen molar-refractivity contribution in [2.75, 3.05) is 5.73 Å². The van der Waals surface area contributed by atoms with E-state index >= 15 is 0 Å². The zero-order valence-corrected chi connectivity index (χ0v) is 8.66. The minimum atomic E-state index is -0.0151. The lowest BCUT2D eigenvalue weighted by atomic mass is 10.1. The lowest BCUT2D eigenvalue weighted by molar-refractivity contribution is 0.628. The molecule has 0 bridgehead atoms. The average Bonchev–Trinajstić information content (AvgIpc) is 2.92. The Balaban J connectivity index is 2.60. The van der Waals surface area contributed by atoms with Crippen LogP contribution in [0.1, 0.15) is 44.3 Å². The van der Waals surface area contributed by atoms with Crippen LogP contribution < -0.4 is 11.3 Å². The molecule has 0 spiro atoms. The van der Waals surface area contributed by atoms with Crippen LogP contribution in [-0.4, -0.2) is 4.57 Å². The van der Waals surface area contributed by atoms with E-state index < -0.39 is 0 Å². The van der Waals surface area contributed by atoms with Crippen LogP contribution in [0.25, 0.3) is 0 Å². The van der Waals surface area contributed by atoms with Crippen molar-refractivity contribution in [3.05, 3.63) is 28.2 Å². The Kier molecular flexibility index (Phi) is 2.10. The van der Waals surface area contributed by atoms with Crippen LogP contribution in [0.15, 0.2) is 16.9 Å². The lowest BCUT2D eigenvalue weighted by Gasteiger charge is -2.15. The molecule has 3 nitrogen and oxygen atoms in total. The zero-order chi connectivity index (χ0) is 10.3. The Bertz CT molecular complexity index is 402. The predicted molar refractivity (Wildman–Crippen MR) is 57.5 cm³/mol. The molecular weight excluding hydrogens is 176 g/mol. The van der Waals surface area contributed by atoms with Gasteiger partial charge in [-0.15, -0.1) is 0 Å². The quantitative estimate of drug-likeness (QED) is 0.777. The fraction of sp³-hybridized carbons (Fsp3) is 0.545. The number of nitrogens with two attached hydrogens (primary N) is 1. The largest absolute Gasteiger partial charge is 0.394 e. The topological polar surface area (TPSA) is 48.0 Å². The van der Waals surface area contributed by atoms with E-state index in [9.17, 15) is 4.79 Å². The Hall–Kier alpha value is -1.25. The Morgan fingerprint density at radius 1 is 1.43 bits per heavy atom. The summed E-state index contributed by atoms with van der Waals surface area (Å²) in [6, 6.07) is 4.10. The van der Waals surface area contributed by atoms with Gasteiger partial charge in [-0.2, -0.15) is 0 Å². The summed E-state index contributed by atoms with van der Waals surface area (Å²) in [6.45, 7) is 4.20. The summed E-state index contributed by atoms with van der Waals surface area (Å²) in [4.78, 5) is 11.8. The van der Waals surface area contributed by atoms with Gasteiger partial charge in [0.25, 0.3) is 5.56 Å². The highest BCUT2D eigenvalue weighted by molar-refractivity contribution is 5.37. The van der Waals surface area contributed by atoms with Gasteiger partial charge in [-0.1, -0.05) is 13.8 Å². The van der Waals surface area contributed by atoms with E-state index in [0.29, 0.717) is 17.6 Å². The van der Waals surface area contributed by atoms with Crippen molar-refractivity contribution in [1.29, 1.82) is 0 Å². The average molecular weight is 192 g/mol. The number of hydrogen-bond acceptors (Lipinski definition) is 2. The monoisotopic (exact) mass is 192 g/mol. The SMILES string of the molecule is CC(C)c1ccc(N)c(=O)n1C1CC1. The summed E-state index contributed by atoms with van der Waals surface area (Å²) < 4.78 is 1.88. The second-order valence-corrected chi connectivity index (χ2v) is 4.27. The molecule has 1 aromatic heterocycles. The first-order valence-electron chi connectivity index (χ1n) is 5.12. The van der Waals surface area contributed by atoms with Crippen molar-refractivity contribution in [3.63, 3.8) is 0 Å². The first-order chi connectivity index (χ1) is 6.61. The molecule has 1 aliphatic rings. The molecule has 2 rings (SSSR count). The van der Waals surface area contributed by atoms with Gasteiger partial charge in [0.15, 0.2) is 0 Å². The van der Waals surface area contributed by atoms with Crippen molar-refractivity contribution in [2.24, 2.45) is 0 Å². The van der Waals surface area contributed by atoms with Gasteiger partial charge in [0.1, 0.15) is 0 Å². The van der Waals surface area contributed by atoms with E-state index in [-0.39, 0.29) is 5.56 Å². The van der Waals surface area contributed by atoms with Crippen LogP contribution in [0.2, 0.25) is 0 Å². The molecular formula is C11H16N2O. The Labute approximate surface area is 83.5 Å². The summed E-state index contributed by atoms with van der Waals surface area (Å²) in [6.07, 6.45) is 2.23. The van der Waals surface area contributed by atoms with Crippen LogP contribution in [0.5, 0.6) is 0 Å². The van der Waals surface area contributed by atoms with Crippen LogP contribution in [0.4, 0.5) is 5.69 Å². The smallest absolute Gasteiger partial charge is 0.274 e. The number of nitrogen functional groups attached to an aromatic ring is 1. The summed E-state index contributed by atoms with van der Waals surface area (Å²) in [5, 5.41) is 0. The Morgan fingerprint density at radius 2 is 2.07 bits per heavy atom. The highest BCUT2D eigenvalue weighted by atomic mass is 16.1. The van der Waals surface area contributed by atoms with Gasteiger partial charge in [0, 0.05) is 11.7 Å². The Morgan fingerprint density at radius 3 is 2.57 bits per heavy atom. The van der Waals surface area contributed by atoms with E-state index in [4.69, 9.17) is 5.73 Å². The van der Waals surface area contributed by atoms with Crippen LogP contribution in [0, 0.1) is 0 Å². The van der Waals surface area contributed by atoms with Gasteiger partial charge in [0.2, 0.25) is 0 Å². The molecule has 0 radical (unpaired) electrons. The van der Waals surface area contributed by atoms with Crippen LogP contribution in [0.3, 0.4) is 0 Å². The summed E-state index contributed by atoms with van der Waals surface area (Å²) in [5.41, 5.74) is 7.07. The molecule has 0 amide bonds. The molecule has 3 heteroatoms. The third kappa shape index (κ3) is 1.43. The lowest BCUT2D eigenvalue weighted by Crippen LogP contribution is -2.25. The standard InChI is InChI=1S/C11H16N2O/c1-7(2)10-6-5-9(12)11(14)13(10)8-3-4-8/h5-8H,3-4,12H2,1-2H3. The van der Waals surface area contributed by atoms with Gasteiger partial charge >= 0.3 is 0 Å². The second kappa shape index (κ2) is 3.15. The molecule has 1 saturated carbocycles. The molecule has 14 heavy (non-hydrogen) atoms. The van der Waals surface area contributed by atoms with E-state index in [1.807, 2.05) is 10.6 Å². The number of anilines is 1. The van der Waals surface area contributed by atoms with Gasteiger partial charge in [-0.3, -0.25) is 4.79 Å². The van der Waals surface area contributed by atoms with Gasteiger partial charge in [-0.05, 0) is 30.9 Å². The maximum Gasteiger partial charge on any atom is 0.274 e. The minimum absolute atomic E-state index is 0.0151. The van der Waals surface area contributed by atoms with E-state index in [1.165, 1.54) is 0 Å². The molecule has 0 atom stereocenters. The first-order valence-corrected chi connectivity index (χ1v) is 5.12. The zero-order valence-electron chi connectivity index (χ0n) is 8.66. The molecule has 1 fully saturated rings. The third-order valence-electron chi connectivity index (χ3n) is 2.68. The normalized spacial score (nSPS) is 16.2. The first kappa shape index (κ1) is 9.31. The number of hydrogen-bond donors (Lipinski definition) is 1. The molecule has 0 aliphatic heterocycles. The number of aromatic nitrogens is 1. The van der Waals surface area contributed by atoms with E-state index in [0.717, 1.165) is 18.5 Å². The molecule has 0 unspecified atom stereocenters. The number of pyridine rings is 1. The maximum atomic E-state index is 11.8. The van der Waals surface area contributed by atoms with Crippen molar-refractivity contribution in [2.45, 2.75) is 38.6 Å². The van der Waals surface area contributed by atoms with Crippen LogP contribution >= 0.6 is 0 Å². The predicted octanol–water partition coefficient (Wildman–Crippen LogP) is 1.89. The molecule has 0 saturated heterocycles. The number of rotatable bonds is 2. The van der Waals surface area contributed by atoms with Gasteiger partial charge in [-0.25, -0.2) is 0 Å². The van der Waals surface area contributed by atoms with Crippen molar-refractivity contribution in [1.82, 2.24) is 4.57 Å². The highest BCUT2D eigenvalue weighted by Crippen LogP contribution is 2.36. The van der Waals surface area contributed by atoms with Crippen molar-refractivity contribution < 1.29 is 0 Å². The second-order valence-electron chi connectivity index (χ2n) is 4.27. The third-order valence-corrected chi connectivity index (χ3v) is 2.68. The number of nitrogens with zero attached hydrogens (tertiary/aromatic N) is 1. The minimum Gasteiger partial charge on any atom is -0.394 e. The van der Waals surface area contributed by atoms with Crippen molar-refractivity contribution >= 4 is 5.69 Å². The van der Waals surface area contributed by atoms with Crippen LogP contribution in [-0.2, 0) is 0 Å². The van der Waals surface area contributed by atoms with Gasteiger partial charge in [0.05, 0.1) is 5.69 Å². The molecule has 2 N–H and O–H groups in total. The molecule has 1 heterocycles. The molecule has 1 aliphatic carbocycles. The molecule has 76 valence electrons. The fourth-order valence-corrected chi connectivity index (χ4v) is 1.76. The fourth-order valence-electron chi connectivity index (χ4n) is 1.76. The molecule has 0 aromatic carbocycles.